The maximum atomic E-state index is 12.3. The summed E-state index contributed by atoms with van der Waals surface area (Å²) < 4.78 is 24.7. The Morgan fingerprint density at radius 1 is 1.33 bits per heavy atom. The summed E-state index contributed by atoms with van der Waals surface area (Å²) in [6.45, 7) is 0. The molecule has 2 aromatic rings. The van der Waals surface area contributed by atoms with Gasteiger partial charge in [-0.3, -0.25) is 5.10 Å². The number of halogens is 1. The van der Waals surface area contributed by atoms with Gasteiger partial charge in [-0.25, -0.2) is 8.42 Å². The molecule has 0 bridgehead atoms. The highest BCUT2D eigenvalue weighted by molar-refractivity contribution is 7.91. The lowest BCUT2D eigenvalue weighted by atomic mass is 10.0. The van der Waals surface area contributed by atoms with Crippen LogP contribution < -0.4 is 5.73 Å². The number of aromatic nitrogens is 2. The summed E-state index contributed by atoms with van der Waals surface area (Å²) >= 11 is 6.02. The van der Waals surface area contributed by atoms with E-state index in [4.69, 9.17) is 17.3 Å². The first-order chi connectivity index (χ1) is 9.99. The van der Waals surface area contributed by atoms with Gasteiger partial charge in [-0.15, -0.1) is 0 Å². The number of benzene rings is 1. The van der Waals surface area contributed by atoms with Gasteiger partial charge in [0.05, 0.1) is 11.4 Å². The van der Waals surface area contributed by atoms with E-state index < -0.39 is 15.1 Å². The number of nitrogens with two attached hydrogens (primary N) is 1. The Balaban J connectivity index is 2.13. The van der Waals surface area contributed by atoms with Crippen molar-refractivity contribution < 1.29 is 8.42 Å². The fourth-order valence-electron chi connectivity index (χ4n) is 2.83. The standard InChI is InChI=1S/C14H16ClN3O2S/c15-10-5-3-4-9(8-10)12-13(17-18-14(12)16)11-6-1-2-7-21(11,19)20/h3-5,8,11H,1-2,6-7H2,(H3,16,17,18). The van der Waals surface area contributed by atoms with Gasteiger partial charge >= 0.3 is 0 Å². The number of aromatic amines is 1. The molecule has 3 N–H and O–H groups in total. The normalized spacial score (nSPS) is 21.3. The van der Waals surface area contributed by atoms with Crippen molar-refractivity contribution in [3.63, 3.8) is 0 Å². The number of nitrogens with one attached hydrogen (secondary N) is 1. The maximum absolute atomic E-state index is 12.3. The van der Waals surface area contributed by atoms with E-state index in [-0.39, 0.29) is 5.75 Å². The van der Waals surface area contributed by atoms with E-state index in [0.29, 0.717) is 28.5 Å². The lowest BCUT2D eigenvalue weighted by Gasteiger charge is -2.22. The summed E-state index contributed by atoms with van der Waals surface area (Å²) in [6, 6.07) is 7.19. The number of hydrogen-bond acceptors (Lipinski definition) is 4. The zero-order chi connectivity index (χ0) is 15.0. The molecule has 0 spiro atoms. The molecular formula is C14H16ClN3O2S. The van der Waals surface area contributed by atoms with Gasteiger partial charge in [-0.1, -0.05) is 30.2 Å². The van der Waals surface area contributed by atoms with Crippen LogP contribution in [0.1, 0.15) is 30.2 Å². The number of nitrogens with zero attached hydrogens (tertiary/aromatic N) is 1. The third-order valence-electron chi connectivity index (χ3n) is 3.84. The van der Waals surface area contributed by atoms with Crippen LogP contribution in [0.25, 0.3) is 11.1 Å². The van der Waals surface area contributed by atoms with Gasteiger partial charge in [-0.2, -0.15) is 5.10 Å². The molecule has 0 saturated carbocycles. The third-order valence-corrected chi connectivity index (χ3v) is 6.27. The molecule has 2 heterocycles. The topological polar surface area (TPSA) is 88.8 Å². The monoisotopic (exact) mass is 325 g/mol. The summed E-state index contributed by atoms with van der Waals surface area (Å²) in [5.41, 5.74) is 7.94. The minimum absolute atomic E-state index is 0.214. The van der Waals surface area contributed by atoms with Crippen LogP contribution in [0.3, 0.4) is 0 Å². The van der Waals surface area contributed by atoms with E-state index in [1.54, 1.807) is 12.1 Å². The van der Waals surface area contributed by atoms with Gasteiger partial charge in [0.2, 0.25) is 0 Å². The Hall–Kier alpha value is -1.53. The van der Waals surface area contributed by atoms with Crippen LogP contribution in [0.5, 0.6) is 0 Å². The average Bonchev–Trinajstić information content (AvgIpc) is 2.80. The first-order valence-corrected chi connectivity index (χ1v) is 8.89. The lowest BCUT2D eigenvalue weighted by molar-refractivity contribution is 0.542. The second-order valence-electron chi connectivity index (χ2n) is 5.26. The van der Waals surface area contributed by atoms with Crippen molar-refractivity contribution in [2.45, 2.75) is 24.5 Å². The van der Waals surface area contributed by atoms with Crippen LogP contribution in [0, 0.1) is 0 Å². The molecule has 5 nitrogen and oxygen atoms in total. The number of rotatable bonds is 2. The van der Waals surface area contributed by atoms with Gasteiger partial charge in [-0.05, 0) is 30.5 Å². The highest BCUT2D eigenvalue weighted by atomic mass is 35.5. The summed E-state index contributed by atoms with van der Waals surface area (Å²) in [5.74, 6) is 0.513. The Morgan fingerprint density at radius 2 is 2.14 bits per heavy atom. The van der Waals surface area contributed by atoms with Crippen molar-refractivity contribution in [2.24, 2.45) is 0 Å². The number of hydrogen-bond donors (Lipinski definition) is 2. The average molecular weight is 326 g/mol. The molecule has 1 atom stereocenters. The van der Waals surface area contributed by atoms with Gasteiger partial charge < -0.3 is 5.73 Å². The summed E-state index contributed by atoms with van der Waals surface area (Å²) in [6.07, 6.45) is 2.20. The quantitative estimate of drug-likeness (QED) is 0.888. The molecule has 7 heteroatoms. The van der Waals surface area contributed by atoms with E-state index in [9.17, 15) is 8.42 Å². The van der Waals surface area contributed by atoms with Crippen LogP contribution in [0.2, 0.25) is 5.02 Å². The van der Waals surface area contributed by atoms with Crippen LogP contribution in [-0.4, -0.2) is 24.4 Å². The fourth-order valence-corrected chi connectivity index (χ4v) is 4.97. The van der Waals surface area contributed by atoms with Crippen molar-refractivity contribution in [1.82, 2.24) is 10.2 Å². The first-order valence-electron chi connectivity index (χ1n) is 6.80. The van der Waals surface area contributed by atoms with Crippen LogP contribution in [0.4, 0.5) is 5.82 Å². The number of nitrogen functional groups attached to an aromatic ring is 1. The SMILES string of the molecule is Nc1n[nH]c(C2CCCCS2(=O)=O)c1-c1cccc(Cl)c1. The van der Waals surface area contributed by atoms with E-state index in [2.05, 4.69) is 10.2 Å². The number of anilines is 1. The molecule has 1 unspecified atom stereocenters. The van der Waals surface area contributed by atoms with E-state index >= 15 is 0 Å². The van der Waals surface area contributed by atoms with Crippen molar-refractivity contribution >= 4 is 27.3 Å². The minimum atomic E-state index is -3.16. The zero-order valence-corrected chi connectivity index (χ0v) is 12.9. The molecule has 0 amide bonds. The second-order valence-corrected chi connectivity index (χ2v) is 8.00. The molecule has 0 radical (unpaired) electrons. The minimum Gasteiger partial charge on any atom is -0.382 e. The number of H-pyrrole nitrogens is 1. The van der Waals surface area contributed by atoms with Gasteiger partial charge in [0.1, 0.15) is 5.25 Å². The summed E-state index contributed by atoms with van der Waals surface area (Å²) in [4.78, 5) is 0. The first kappa shape index (κ1) is 14.4. The molecule has 1 aromatic heterocycles. The van der Waals surface area contributed by atoms with Crippen LogP contribution in [0.15, 0.2) is 24.3 Å². The van der Waals surface area contributed by atoms with E-state index in [1.165, 1.54) is 0 Å². The Bertz CT molecular complexity index is 770. The third kappa shape index (κ3) is 2.65. The largest absolute Gasteiger partial charge is 0.382 e. The predicted molar refractivity (Wildman–Crippen MR) is 83.8 cm³/mol. The molecule has 1 saturated heterocycles. The van der Waals surface area contributed by atoms with Crippen LogP contribution in [-0.2, 0) is 9.84 Å². The molecule has 1 aliphatic rings. The van der Waals surface area contributed by atoms with Crippen molar-refractivity contribution in [1.29, 1.82) is 0 Å². The van der Waals surface area contributed by atoms with E-state index in [1.807, 2.05) is 12.1 Å². The van der Waals surface area contributed by atoms with Crippen molar-refractivity contribution in [3.05, 3.63) is 35.0 Å². The van der Waals surface area contributed by atoms with Crippen molar-refractivity contribution in [2.75, 3.05) is 11.5 Å². The molecule has 3 rings (SSSR count). The highest BCUT2D eigenvalue weighted by Gasteiger charge is 2.34. The zero-order valence-electron chi connectivity index (χ0n) is 11.3. The van der Waals surface area contributed by atoms with Gasteiger partial charge in [0.25, 0.3) is 0 Å². The van der Waals surface area contributed by atoms with Gasteiger partial charge in [0, 0.05) is 10.6 Å². The number of sulfone groups is 1. The maximum Gasteiger partial charge on any atom is 0.158 e. The van der Waals surface area contributed by atoms with Crippen molar-refractivity contribution in [3.8, 4) is 11.1 Å². The predicted octanol–water partition coefficient (Wildman–Crippen LogP) is 2.95. The molecule has 112 valence electrons. The molecule has 21 heavy (non-hydrogen) atoms. The Morgan fingerprint density at radius 3 is 2.86 bits per heavy atom. The smallest absolute Gasteiger partial charge is 0.158 e. The lowest BCUT2D eigenvalue weighted by Crippen LogP contribution is -2.22. The molecule has 1 aromatic carbocycles. The van der Waals surface area contributed by atoms with Gasteiger partial charge in [0.15, 0.2) is 15.7 Å². The Labute approximate surface area is 128 Å². The molecule has 1 fully saturated rings. The molecule has 1 aliphatic heterocycles. The summed E-state index contributed by atoms with van der Waals surface area (Å²) in [5, 5.41) is 6.84. The second kappa shape index (κ2) is 5.35. The van der Waals surface area contributed by atoms with E-state index in [0.717, 1.165) is 18.4 Å². The fraction of sp³-hybridized carbons (Fsp3) is 0.357. The molecule has 0 aliphatic carbocycles. The Kier molecular flexibility index (Phi) is 3.67. The summed E-state index contributed by atoms with van der Waals surface area (Å²) in [7, 11) is -3.16. The van der Waals surface area contributed by atoms with Crippen LogP contribution >= 0.6 is 11.6 Å². The molecular weight excluding hydrogens is 310 g/mol. The highest BCUT2D eigenvalue weighted by Crippen LogP contribution is 2.40.